The maximum absolute atomic E-state index is 9.20. The molecule has 3 nitrogen and oxygen atoms in total. The smallest absolute Gasteiger partial charge is 0.258 e. The zero-order valence-corrected chi connectivity index (χ0v) is 6.27. The molecular weight excluding hydrogens is 154 g/mol. The van der Waals surface area contributed by atoms with Crippen LogP contribution in [0, 0.1) is 0 Å². The second-order valence-corrected chi connectivity index (χ2v) is 2.37. The summed E-state index contributed by atoms with van der Waals surface area (Å²) in [6, 6.07) is 9.34. The van der Waals surface area contributed by atoms with Crippen LogP contribution in [0.1, 0.15) is 0 Å². The molecule has 0 amide bonds. The van der Waals surface area contributed by atoms with E-state index < -0.39 is 0 Å². The van der Waals surface area contributed by atoms with E-state index >= 15 is 0 Å². The Morgan fingerprint density at radius 2 is 1.92 bits per heavy atom. The fourth-order valence-electron chi connectivity index (χ4n) is 1.03. The summed E-state index contributed by atoms with van der Waals surface area (Å²) in [5.41, 5.74) is 0.826. The van der Waals surface area contributed by atoms with Crippen molar-refractivity contribution < 1.29 is 9.52 Å². The van der Waals surface area contributed by atoms with Crippen molar-refractivity contribution in [3.63, 3.8) is 0 Å². The zero-order valence-electron chi connectivity index (χ0n) is 6.27. The van der Waals surface area contributed by atoms with Crippen molar-refractivity contribution in [2.24, 2.45) is 0 Å². The number of oxazole rings is 1. The van der Waals surface area contributed by atoms with Crippen LogP contribution in [0.25, 0.3) is 11.3 Å². The van der Waals surface area contributed by atoms with Crippen LogP contribution in [-0.2, 0) is 0 Å². The molecule has 60 valence electrons. The minimum Gasteiger partial charge on any atom is -0.491 e. The summed E-state index contributed by atoms with van der Waals surface area (Å²) in [7, 11) is 0. The van der Waals surface area contributed by atoms with Gasteiger partial charge in [0.2, 0.25) is 0 Å². The molecule has 0 spiro atoms. The van der Waals surface area contributed by atoms with Crippen LogP contribution in [0.2, 0.25) is 0 Å². The summed E-state index contributed by atoms with van der Waals surface area (Å²) in [5.74, 6) is 0.344. The molecule has 2 aromatic rings. The topological polar surface area (TPSA) is 46.3 Å². The molecular formula is C9H7NO2. The third kappa shape index (κ3) is 1.05. The Labute approximate surface area is 69.3 Å². The SMILES string of the molecule is Oc1ncoc1-c1ccccc1. The first-order valence-electron chi connectivity index (χ1n) is 3.56. The van der Waals surface area contributed by atoms with E-state index in [0.717, 1.165) is 5.56 Å². The molecule has 3 heteroatoms. The molecule has 0 saturated carbocycles. The molecule has 1 N–H and O–H groups in total. The number of benzene rings is 1. The zero-order chi connectivity index (χ0) is 8.39. The fraction of sp³-hybridized carbons (Fsp3) is 0. The Kier molecular flexibility index (Phi) is 1.55. The van der Waals surface area contributed by atoms with E-state index in [1.807, 2.05) is 30.3 Å². The quantitative estimate of drug-likeness (QED) is 0.696. The third-order valence-corrected chi connectivity index (χ3v) is 1.58. The minimum absolute atomic E-state index is 0.0683. The van der Waals surface area contributed by atoms with Gasteiger partial charge in [-0.3, -0.25) is 0 Å². The summed E-state index contributed by atoms with van der Waals surface area (Å²) < 4.78 is 4.99. The average molecular weight is 161 g/mol. The third-order valence-electron chi connectivity index (χ3n) is 1.58. The van der Waals surface area contributed by atoms with Crippen molar-refractivity contribution in [3.8, 4) is 17.2 Å². The van der Waals surface area contributed by atoms with Crippen molar-refractivity contribution in [3.05, 3.63) is 36.7 Å². The molecule has 0 aliphatic carbocycles. The summed E-state index contributed by atoms with van der Waals surface area (Å²) in [5, 5.41) is 9.20. The average Bonchev–Trinajstić information content (AvgIpc) is 2.53. The van der Waals surface area contributed by atoms with Gasteiger partial charge in [-0.1, -0.05) is 30.3 Å². The van der Waals surface area contributed by atoms with Gasteiger partial charge in [-0.2, -0.15) is 4.98 Å². The first-order chi connectivity index (χ1) is 5.88. The van der Waals surface area contributed by atoms with Crippen LogP contribution >= 0.6 is 0 Å². The van der Waals surface area contributed by atoms with Gasteiger partial charge in [0, 0.05) is 5.56 Å². The first kappa shape index (κ1) is 6.91. The van der Waals surface area contributed by atoms with Crippen LogP contribution in [0.4, 0.5) is 0 Å². The van der Waals surface area contributed by atoms with Crippen molar-refractivity contribution in [2.45, 2.75) is 0 Å². The Balaban J connectivity index is 2.51. The highest BCUT2D eigenvalue weighted by Gasteiger charge is 2.07. The van der Waals surface area contributed by atoms with E-state index in [2.05, 4.69) is 4.98 Å². The molecule has 0 fully saturated rings. The molecule has 12 heavy (non-hydrogen) atoms. The number of aromatic nitrogens is 1. The lowest BCUT2D eigenvalue weighted by Gasteiger charge is -1.93. The monoisotopic (exact) mass is 161 g/mol. The van der Waals surface area contributed by atoms with Gasteiger partial charge in [-0.15, -0.1) is 0 Å². The molecule has 1 heterocycles. The van der Waals surface area contributed by atoms with E-state index in [9.17, 15) is 5.11 Å². The van der Waals surface area contributed by atoms with Crippen LogP contribution in [0.3, 0.4) is 0 Å². The predicted molar refractivity (Wildman–Crippen MR) is 43.6 cm³/mol. The maximum atomic E-state index is 9.20. The van der Waals surface area contributed by atoms with Crippen LogP contribution in [0.15, 0.2) is 41.1 Å². The van der Waals surface area contributed by atoms with E-state index in [1.165, 1.54) is 6.39 Å². The Hall–Kier alpha value is -1.77. The highest BCUT2D eigenvalue weighted by atomic mass is 16.4. The van der Waals surface area contributed by atoms with Crippen LogP contribution in [-0.4, -0.2) is 10.1 Å². The van der Waals surface area contributed by atoms with Gasteiger partial charge in [0.1, 0.15) is 0 Å². The van der Waals surface area contributed by atoms with Crippen LogP contribution < -0.4 is 0 Å². The fourth-order valence-corrected chi connectivity index (χ4v) is 1.03. The molecule has 0 atom stereocenters. The van der Waals surface area contributed by atoms with Crippen molar-refractivity contribution in [1.82, 2.24) is 4.98 Å². The van der Waals surface area contributed by atoms with Gasteiger partial charge in [0.25, 0.3) is 5.88 Å². The second kappa shape index (κ2) is 2.70. The second-order valence-electron chi connectivity index (χ2n) is 2.37. The largest absolute Gasteiger partial charge is 0.491 e. The number of hydrogen-bond acceptors (Lipinski definition) is 3. The highest BCUT2D eigenvalue weighted by molar-refractivity contribution is 5.61. The minimum atomic E-state index is -0.0683. The number of nitrogens with zero attached hydrogens (tertiary/aromatic N) is 1. The van der Waals surface area contributed by atoms with Gasteiger partial charge in [0.15, 0.2) is 12.2 Å². The van der Waals surface area contributed by atoms with Crippen molar-refractivity contribution in [1.29, 1.82) is 0 Å². The highest BCUT2D eigenvalue weighted by Crippen LogP contribution is 2.26. The number of hydrogen-bond donors (Lipinski definition) is 1. The van der Waals surface area contributed by atoms with E-state index in [4.69, 9.17) is 4.42 Å². The van der Waals surface area contributed by atoms with Crippen molar-refractivity contribution >= 4 is 0 Å². The normalized spacial score (nSPS) is 10.0. The molecule has 0 aliphatic heterocycles. The molecule has 0 saturated heterocycles. The number of aromatic hydroxyl groups is 1. The van der Waals surface area contributed by atoms with E-state index in [-0.39, 0.29) is 5.88 Å². The predicted octanol–water partition coefficient (Wildman–Crippen LogP) is 2.05. The Morgan fingerprint density at radius 3 is 2.50 bits per heavy atom. The first-order valence-corrected chi connectivity index (χ1v) is 3.56. The summed E-state index contributed by atoms with van der Waals surface area (Å²) in [6.07, 6.45) is 1.22. The van der Waals surface area contributed by atoms with E-state index in [1.54, 1.807) is 0 Å². The number of rotatable bonds is 1. The lowest BCUT2D eigenvalue weighted by molar-refractivity contribution is 0.453. The molecule has 0 bridgehead atoms. The van der Waals surface area contributed by atoms with E-state index in [0.29, 0.717) is 5.76 Å². The maximum Gasteiger partial charge on any atom is 0.258 e. The van der Waals surface area contributed by atoms with Gasteiger partial charge in [0.05, 0.1) is 0 Å². The summed E-state index contributed by atoms with van der Waals surface area (Å²) in [6.45, 7) is 0. The lowest BCUT2D eigenvalue weighted by atomic mass is 10.2. The van der Waals surface area contributed by atoms with Gasteiger partial charge in [-0.25, -0.2) is 0 Å². The molecule has 2 rings (SSSR count). The van der Waals surface area contributed by atoms with Gasteiger partial charge < -0.3 is 9.52 Å². The molecule has 0 aliphatic rings. The standard InChI is InChI=1S/C9H7NO2/c11-9-8(12-6-10-9)7-4-2-1-3-5-7/h1-6,11H. The lowest BCUT2D eigenvalue weighted by Crippen LogP contribution is -1.72. The summed E-state index contributed by atoms with van der Waals surface area (Å²) in [4.78, 5) is 3.58. The molecule has 0 unspecified atom stereocenters. The van der Waals surface area contributed by atoms with Gasteiger partial charge in [-0.05, 0) is 0 Å². The summed E-state index contributed by atoms with van der Waals surface area (Å²) >= 11 is 0. The Bertz CT molecular complexity index is 367. The Morgan fingerprint density at radius 1 is 1.17 bits per heavy atom. The molecule has 0 radical (unpaired) electrons. The van der Waals surface area contributed by atoms with Gasteiger partial charge >= 0.3 is 0 Å². The molecule has 1 aromatic heterocycles. The molecule has 1 aromatic carbocycles. The van der Waals surface area contributed by atoms with Crippen molar-refractivity contribution in [2.75, 3.05) is 0 Å². The van der Waals surface area contributed by atoms with Crippen LogP contribution in [0.5, 0.6) is 5.88 Å².